The maximum absolute atomic E-state index is 12.0. The van der Waals surface area contributed by atoms with Crippen molar-refractivity contribution in [3.63, 3.8) is 0 Å². The van der Waals surface area contributed by atoms with Gasteiger partial charge in [-0.05, 0) is 48.4 Å². The fourth-order valence-corrected chi connectivity index (χ4v) is 1.86. The Hall–Kier alpha value is -2.17. The third kappa shape index (κ3) is 5.02. The van der Waals surface area contributed by atoms with Crippen molar-refractivity contribution in [1.29, 1.82) is 0 Å². The number of ether oxygens (including phenoxy) is 2. The Kier molecular flexibility index (Phi) is 4.73. The maximum Gasteiger partial charge on any atom is 0.573 e. The van der Waals surface area contributed by atoms with Crippen LogP contribution in [0.3, 0.4) is 0 Å². The normalized spacial score (nSPS) is 11.2. The molecule has 21 heavy (non-hydrogen) atoms. The zero-order valence-electron chi connectivity index (χ0n) is 11.5. The van der Waals surface area contributed by atoms with Gasteiger partial charge < -0.3 is 9.47 Å². The van der Waals surface area contributed by atoms with E-state index in [1.807, 2.05) is 24.3 Å². The van der Waals surface area contributed by atoms with Crippen LogP contribution in [0.5, 0.6) is 17.2 Å². The standard InChI is InChI=1S/C16H15F3O2/c1-2-3-12-4-6-13(7-5-12)20-14-8-10-15(11-9-14)21-16(17,18)19/h4-11H,2-3H2,1H3. The molecular formula is C16H15F3O2. The highest BCUT2D eigenvalue weighted by Gasteiger charge is 2.30. The van der Waals surface area contributed by atoms with Crippen LogP contribution in [0, 0.1) is 0 Å². The number of hydrogen-bond acceptors (Lipinski definition) is 2. The molecule has 0 atom stereocenters. The Labute approximate surface area is 121 Å². The largest absolute Gasteiger partial charge is 0.573 e. The average molecular weight is 296 g/mol. The van der Waals surface area contributed by atoms with Gasteiger partial charge in [-0.3, -0.25) is 0 Å². The Morgan fingerprint density at radius 1 is 0.810 bits per heavy atom. The van der Waals surface area contributed by atoms with Gasteiger partial charge in [-0.25, -0.2) is 0 Å². The predicted molar refractivity (Wildman–Crippen MR) is 73.6 cm³/mol. The number of benzene rings is 2. The van der Waals surface area contributed by atoms with Crippen molar-refractivity contribution in [2.75, 3.05) is 0 Å². The van der Waals surface area contributed by atoms with E-state index in [1.54, 1.807) is 0 Å². The van der Waals surface area contributed by atoms with Crippen LogP contribution in [0.15, 0.2) is 48.5 Å². The van der Waals surface area contributed by atoms with Crippen LogP contribution >= 0.6 is 0 Å². The summed E-state index contributed by atoms with van der Waals surface area (Å²) < 4.78 is 45.5. The van der Waals surface area contributed by atoms with Gasteiger partial charge in [0.2, 0.25) is 0 Å². The molecule has 0 aromatic heterocycles. The van der Waals surface area contributed by atoms with Gasteiger partial charge >= 0.3 is 6.36 Å². The van der Waals surface area contributed by atoms with Gasteiger partial charge in [0, 0.05) is 0 Å². The molecule has 0 heterocycles. The first-order valence-corrected chi connectivity index (χ1v) is 6.59. The minimum atomic E-state index is -4.68. The van der Waals surface area contributed by atoms with E-state index in [9.17, 15) is 13.2 Å². The molecule has 0 bridgehead atoms. The molecule has 0 spiro atoms. The van der Waals surface area contributed by atoms with Gasteiger partial charge in [-0.15, -0.1) is 13.2 Å². The van der Waals surface area contributed by atoms with E-state index in [0.717, 1.165) is 12.8 Å². The topological polar surface area (TPSA) is 18.5 Å². The van der Waals surface area contributed by atoms with E-state index in [4.69, 9.17) is 4.74 Å². The van der Waals surface area contributed by atoms with Crippen LogP contribution in [0.1, 0.15) is 18.9 Å². The summed E-state index contributed by atoms with van der Waals surface area (Å²) in [6.07, 6.45) is -2.61. The summed E-state index contributed by atoms with van der Waals surface area (Å²) >= 11 is 0. The lowest BCUT2D eigenvalue weighted by atomic mass is 10.1. The summed E-state index contributed by atoms with van der Waals surface area (Å²) in [7, 11) is 0. The molecule has 0 aliphatic rings. The average Bonchev–Trinajstić information content (AvgIpc) is 2.42. The number of hydrogen-bond donors (Lipinski definition) is 0. The Balaban J connectivity index is 1.99. The van der Waals surface area contributed by atoms with E-state index < -0.39 is 6.36 Å². The quantitative estimate of drug-likeness (QED) is 0.742. The molecule has 0 unspecified atom stereocenters. The highest BCUT2D eigenvalue weighted by atomic mass is 19.4. The molecule has 0 radical (unpaired) electrons. The number of halogens is 3. The summed E-state index contributed by atoms with van der Waals surface area (Å²) in [5.74, 6) is 0.820. The second kappa shape index (κ2) is 6.52. The van der Waals surface area contributed by atoms with Crippen molar-refractivity contribution < 1.29 is 22.6 Å². The monoisotopic (exact) mass is 296 g/mol. The fourth-order valence-electron chi connectivity index (χ4n) is 1.86. The molecule has 2 aromatic rings. The van der Waals surface area contributed by atoms with Crippen LogP contribution in [0.25, 0.3) is 0 Å². The van der Waals surface area contributed by atoms with Gasteiger partial charge in [0.25, 0.3) is 0 Å². The van der Waals surface area contributed by atoms with E-state index >= 15 is 0 Å². The minimum absolute atomic E-state index is 0.270. The van der Waals surface area contributed by atoms with Crippen molar-refractivity contribution in [3.8, 4) is 17.2 Å². The highest BCUT2D eigenvalue weighted by Crippen LogP contribution is 2.27. The number of alkyl halides is 3. The molecule has 0 fully saturated rings. The molecule has 112 valence electrons. The second-order valence-electron chi connectivity index (χ2n) is 4.52. The van der Waals surface area contributed by atoms with E-state index in [0.29, 0.717) is 11.5 Å². The Morgan fingerprint density at radius 2 is 1.29 bits per heavy atom. The summed E-state index contributed by atoms with van der Waals surface area (Å²) in [6, 6.07) is 12.9. The minimum Gasteiger partial charge on any atom is -0.457 e. The van der Waals surface area contributed by atoms with E-state index in [2.05, 4.69) is 11.7 Å². The zero-order chi connectivity index (χ0) is 15.3. The van der Waals surface area contributed by atoms with Crippen molar-refractivity contribution >= 4 is 0 Å². The molecule has 2 rings (SSSR count). The van der Waals surface area contributed by atoms with Crippen LogP contribution < -0.4 is 9.47 Å². The Bertz CT molecular complexity index is 560. The smallest absolute Gasteiger partial charge is 0.457 e. The molecule has 5 heteroatoms. The van der Waals surface area contributed by atoms with Crippen LogP contribution in [-0.4, -0.2) is 6.36 Å². The van der Waals surface area contributed by atoms with Crippen molar-refractivity contribution in [2.24, 2.45) is 0 Å². The van der Waals surface area contributed by atoms with E-state index in [-0.39, 0.29) is 5.75 Å². The maximum atomic E-state index is 12.0. The lowest BCUT2D eigenvalue weighted by Gasteiger charge is -2.10. The Morgan fingerprint density at radius 3 is 1.76 bits per heavy atom. The first-order valence-electron chi connectivity index (χ1n) is 6.59. The fraction of sp³-hybridized carbons (Fsp3) is 0.250. The third-order valence-corrected chi connectivity index (χ3v) is 2.76. The third-order valence-electron chi connectivity index (χ3n) is 2.76. The van der Waals surface area contributed by atoms with Crippen molar-refractivity contribution in [1.82, 2.24) is 0 Å². The highest BCUT2D eigenvalue weighted by molar-refractivity contribution is 5.36. The molecule has 0 N–H and O–H groups in total. The van der Waals surface area contributed by atoms with Crippen molar-refractivity contribution in [2.45, 2.75) is 26.1 Å². The molecule has 0 amide bonds. The van der Waals surface area contributed by atoms with Crippen LogP contribution in [-0.2, 0) is 6.42 Å². The van der Waals surface area contributed by atoms with Gasteiger partial charge in [0.15, 0.2) is 0 Å². The molecule has 2 aromatic carbocycles. The lowest BCUT2D eigenvalue weighted by Crippen LogP contribution is -2.16. The molecule has 0 saturated heterocycles. The summed E-state index contributed by atoms with van der Waals surface area (Å²) in [5, 5.41) is 0. The van der Waals surface area contributed by atoms with Crippen LogP contribution in [0.4, 0.5) is 13.2 Å². The SMILES string of the molecule is CCCc1ccc(Oc2ccc(OC(F)(F)F)cc2)cc1. The molecule has 0 saturated carbocycles. The number of rotatable bonds is 5. The molecule has 0 aliphatic heterocycles. The number of aryl methyl sites for hydroxylation is 1. The molecule has 0 aliphatic carbocycles. The van der Waals surface area contributed by atoms with Crippen LogP contribution in [0.2, 0.25) is 0 Å². The van der Waals surface area contributed by atoms with Gasteiger partial charge in [0.05, 0.1) is 0 Å². The summed E-state index contributed by atoms with van der Waals surface area (Å²) in [5.41, 5.74) is 1.22. The zero-order valence-corrected chi connectivity index (χ0v) is 11.5. The molecular weight excluding hydrogens is 281 g/mol. The summed E-state index contributed by atoms with van der Waals surface area (Å²) in [4.78, 5) is 0. The first kappa shape index (κ1) is 15.2. The lowest BCUT2D eigenvalue weighted by molar-refractivity contribution is -0.274. The summed E-state index contributed by atoms with van der Waals surface area (Å²) in [6.45, 7) is 2.11. The second-order valence-corrected chi connectivity index (χ2v) is 4.52. The van der Waals surface area contributed by atoms with E-state index in [1.165, 1.54) is 29.8 Å². The van der Waals surface area contributed by atoms with Gasteiger partial charge in [-0.2, -0.15) is 0 Å². The predicted octanol–water partition coefficient (Wildman–Crippen LogP) is 5.33. The first-order chi connectivity index (χ1) is 9.96. The molecule has 2 nitrogen and oxygen atoms in total. The van der Waals surface area contributed by atoms with Crippen molar-refractivity contribution in [3.05, 3.63) is 54.1 Å². The van der Waals surface area contributed by atoms with Gasteiger partial charge in [0.1, 0.15) is 17.2 Å². The van der Waals surface area contributed by atoms with Gasteiger partial charge in [-0.1, -0.05) is 25.5 Å².